The molecule has 1 aromatic carbocycles. The Balaban J connectivity index is 2.05. The maximum absolute atomic E-state index is 12.5. The van der Waals surface area contributed by atoms with Crippen molar-refractivity contribution in [2.75, 3.05) is 13.1 Å². The molecule has 3 heteroatoms. The summed E-state index contributed by atoms with van der Waals surface area (Å²) in [6.07, 6.45) is 3.24. The van der Waals surface area contributed by atoms with Crippen LogP contribution in [0.2, 0.25) is 0 Å². The number of nitrogens with one attached hydrogen (secondary N) is 2. The van der Waals surface area contributed by atoms with Gasteiger partial charge in [0, 0.05) is 12.6 Å². The average Bonchev–Trinajstić information content (AvgIpc) is 2.48. The molecule has 1 aromatic rings. The van der Waals surface area contributed by atoms with Gasteiger partial charge in [0.25, 0.3) is 0 Å². The SMILES string of the molecule is CCc1ccc(C(C)(C)C(=O)NC2CCCNC2)cc1. The van der Waals surface area contributed by atoms with Crippen LogP contribution in [0.4, 0.5) is 0 Å². The lowest BCUT2D eigenvalue weighted by Gasteiger charge is -2.30. The van der Waals surface area contributed by atoms with Gasteiger partial charge in [-0.15, -0.1) is 0 Å². The van der Waals surface area contributed by atoms with Gasteiger partial charge >= 0.3 is 0 Å². The van der Waals surface area contributed by atoms with E-state index in [1.165, 1.54) is 5.56 Å². The fourth-order valence-corrected chi connectivity index (χ4v) is 2.63. The Bertz CT molecular complexity index is 445. The number of piperidine rings is 1. The standard InChI is InChI=1S/C17H26N2O/c1-4-13-7-9-14(10-8-13)17(2,3)16(20)19-15-6-5-11-18-12-15/h7-10,15,18H,4-6,11-12H2,1-3H3,(H,19,20). The molecule has 3 nitrogen and oxygen atoms in total. The van der Waals surface area contributed by atoms with Gasteiger partial charge in [-0.05, 0) is 50.8 Å². The summed E-state index contributed by atoms with van der Waals surface area (Å²) in [7, 11) is 0. The maximum atomic E-state index is 12.5. The molecule has 1 aliphatic rings. The lowest BCUT2D eigenvalue weighted by atomic mass is 9.83. The van der Waals surface area contributed by atoms with Crippen LogP contribution in [-0.4, -0.2) is 25.0 Å². The Hall–Kier alpha value is -1.35. The van der Waals surface area contributed by atoms with E-state index in [4.69, 9.17) is 0 Å². The molecule has 1 atom stereocenters. The highest BCUT2D eigenvalue weighted by Gasteiger charge is 2.31. The Kier molecular flexibility index (Phi) is 4.81. The Labute approximate surface area is 122 Å². The minimum atomic E-state index is -0.482. The first-order chi connectivity index (χ1) is 9.54. The molecule has 20 heavy (non-hydrogen) atoms. The molecule has 0 saturated carbocycles. The van der Waals surface area contributed by atoms with Crippen LogP contribution in [-0.2, 0) is 16.6 Å². The molecule has 1 heterocycles. The van der Waals surface area contributed by atoms with Crippen LogP contribution in [0.1, 0.15) is 44.7 Å². The van der Waals surface area contributed by atoms with E-state index in [1.54, 1.807) is 0 Å². The molecule has 0 aromatic heterocycles. The molecule has 2 rings (SSSR count). The Morgan fingerprint density at radius 1 is 1.35 bits per heavy atom. The molecule has 110 valence electrons. The summed E-state index contributed by atoms with van der Waals surface area (Å²) in [5, 5.41) is 6.52. The third kappa shape index (κ3) is 3.40. The summed E-state index contributed by atoms with van der Waals surface area (Å²) in [5.74, 6) is 0.121. The number of aryl methyl sites for hydroxylation is 1. The zero-order valence-corrected chi connectivity index (χ0v) is 12.8. The van der Waals surface area contributed by atoms with E-state index in [1.807, 2.05) is 13.8 Å². The lowest BCUT2D eigenvalue weighted by molar-refractivity contribution is -0.126. The minimum Gasteiger partial charge on any atom is -0.351 e. The molecule has 0 spiro atoms. The van der Waals surface area contributed by atoms with Crippen molar-refractivity contribution in [3.8, 4) is 0 Å². The minimum absolute atomic E-state index is 0.121. The molecule has 1 saturated heterocycles. The molecule has 2 N–H and O–H groups in total. The lowest BCUT2D eigenvalue weighted by Crippen LogP contribution is -2.50. The third-order valence-electron chi connectivity index (χ3n) is 4.28. The van der Waals surface area contributed by atoms with Crippen molar-refractivity contribution in [3.05, 3.63) is 35.4 Å². The van der Waals surface area contributed by atoms with Gasteiger partial charge in [0.15, 0.2) is 0 Å². The molecule has 0 aliphatic carbocycles. The second kappa shape index (κ2) is 6.40. The zero-order chi connectivity index (χ0) is 14.6. The summed E-state index contributed by atoms with van der Waals surface area (Å²) in [6.45, 7) is 8.09. The van der Waals surface area contributed by atoms with E-state index in [2.05, 4.69) is 41.8 Å². The summed E-state index contributed by atoms with van der Waals surface area (Å²) in [4.78, 5) is 12.5. The third-order valence-corrected chi connectivity index (χ3v) is 4.28. The van der Waals surface area contributed by atoms with Crippen molar-refractivity contribution >= 4 is 5.91 Å². The van der Waals surface area contributed by atoms with Crippen LogP contribution in [0.15, 0.2) is 24.3 Å². The number of rotatable bonds is 4. The number of carbonyl (C=O) groups excluding carboxylic acids is 1. The smallest absolute Gasteiger partial charge is 0.230 e. The molecule has 1 unspecified atom stereocenters. The van der Waals surface area contributed by atoms with Crippen molar-refractivity contribution in [2.24, 2.45) is 0 Å². The van der Waals surface area contributed by atoms with Crippen molar-refractivity contribution in [1.82, 2.24) is 10.6 Å². The largest absolute Gasteiger partial charge is 0.351 e. The van der Waals surface area contributed by atoms with Crippen LogP contribution in [0, 0.1) is 0 Å². The fraction of sp³-hybridized carbons (Fsp3) is 0.588. The van der Waals surface area contributed by atoms with Crippen LogP contribution < -0.4 is 10.6 Å². The van der Waals surface area contributed by atoms with E-state index >= 15 is 0 Å². The summed E-state index contributed by atoms with van der Waals surface area (Å²) >= 11 is 0. The highest BCUT2D eigenvalue weighted by Crippen LogP contribution is 2.24. The molecule has 1 fully saturated rings. The number of hydrogen-bond acceptors (Lipinski definition) is 2. The van der Waals surface area contributed by atoms with E-state index in [0.29, 0.717) is 0 Å². The quantitative estimate of drug-likeness (QED) is 0.885. The van der Waals surface area contributed by atoms with E-state index < -0.39 is 5.41 Å². The maximum Gasteiger partial charge on any atom is 0.230 e. The molecule has 1 aliphatic heterocycles. The van der Waals surface area contributed by atoms with Gasteiger partial charge in [0.2, 0.25) is 5.91 Å². The number of benzene rings is 1. The topological polar surface area (TPSA) is 41.1 Å². The highest BCUT2D eigenvalue weighted by molar-refractivity contribution is 5.87. The summed E-state index contributed by atoms with van der Waals surface area (Å²) in [5.41, 5.74) is 1.90. The predicted molar refractivity (Wildman–Crippen MR) is 82.9 cm³/mol. The summed E-state index contributed by atoms with van der Waals surface area (Å²) in [6, 6.07) is 8.67. The van der Waals surface area contributed by atoms with E-state index in [9.17, 15) is 4.79 Å². The van der Waals surface area contributed by atoms with Crippen molar-refractivity contribution in [3.63, 3.8) is 0 Å². The van der Waals surface area contributed by atoms with Gasteiger partial charge in [-0.2, -0.15) is 0 Å². The first-order valence-corrected chi connectivity index (χ1v) is 7.65. The van der Waals surface area contributed by atoms with Crippen molar-refractivity contribution in [2.45, 2.75) is 51.5 Å². The second-order valence-corrected chi connectivity index (χ2v) is 6.19. The second-order valence-electron chi connectivity index (χ2n) is 6.19. The van der Waals surface area contributed by atoms with Crippen molar-refractivity contribution < 1.29 is 4.79 Å². The average molecular weight is 274 g/mol. The van der Waals surface area contributed by atoms with Gasteiger partial charge in [-0.1, -0.05) is 31.2 Å². The Morgan fingerprint density at radius 2 is 2.05 bits per heavy atom. The van der Waals surface area contributed by atoms with Crippen molar-refractivity contribution in [1.29, 1.82) is 0 Å². The molecule has 0 radical (unpaired) electrons. The van der Waals surface area contributed by atoms with Gasteiger partial charge in [0.1, 0.15) is 0 Å². The van der Waals surface area contributed by atoms with E-state index in [0.717, 1.165) is 37.9 Å². The van der Waals surface area contributed by atoms with Gasteiger partial charge in [0.05, 0.1) is 5.41 Å². The van der Waals surface area contributed by atoms with Gasteiger partial charge in [-0.3, -0.25) is 4.79 Å². The molecular weight excluding hydrogens is 248 g/mol. The van der Waals surface area contributed by atoms with Crippen LogP contribution in [0.5, 0.6) is 0 Å². The zero-order valence-electron chi connectivity index (χ0n) is 12.8. The summed E-state index contributed by atoms with van der Waals surface area (Å²) < 4.78 is 0. The number of carbonyl (C=O) groups is 1. The van der Waals surface area contributed by atoms with Gasteiger partial charge in [-0.25, -0.2) is 0 Å². The van der Waals surface area contributed by atoms with Crippen LogP contribution >= 0.6 is 0 Å². The first kappa shape index (κ1) is 15.0. The highest BCUT2D eigenvalue weighted by atomic mass is 16.2. The van der Waals surface area contributed by atoms with Crippen LogP contribution in [0.3, 0.4) is 0 Å². The Morgan fingerprint density at radius 3 is 2.60 bits per heavy atom. The molecule has 1 amide bonds. The fourth-order valence-electron chi connectivity index (χ4n) is 2.63. The number of amides is 1. The van der Waals surface area contributed by atoms with E-state index in [-0.39, 0.29) is 11.9 Å². The molecular formula is C17H26N2O. The van der Waals surface area contributed by atoms with Gasteiger partial charge < -0.3 is 10.6 Å². The first-order valence-electron chi connectivity index (χ1n) is 7.65. The normalized spacial score (nSPS) is 19.6. The predicted octanol–water partition coefficient (Wildman–Crippen LogP) is 2.39. The monoisotopic (exact) mass is 274 g/mol. The molecule has 0 bridgehead atoms. The number of hydrogen-bond donors (Lipinski definition) is 2. The van der Waals surface area contributed by atoms with Crippen LogP contribution in [0.25, 0.3) is 0 Å².